The maximum atomic E-state index is 13.5. The number of carbonyl (C=O) groups is 1. The Labute approximate surface area is 99.0 Å². The molecule has 1 aromatic carbocycles. The topological polar surface area (TPSA) is 41.1 Å². The highest BCUT2D eigenvalue weighted by atomic mass is 35.5. The van der Waals surface area contributed by atoms with Crippen LogP contribution in [0.15, 0.2) is 18.2 Å². The van der Waals surface area contributed by atoms with Gasteiger partial charge in [0.15, 0.2) is 0 Å². The van der Waals surface area contributed by atoms with Crippen LogP contribution in [0.1, 0.15) is 12.5 Å². The number of hydrogen-bond acceptors (Lipinski definition) is 2. The molecule has 0 saturated carbocycles. The summed E-state index contributed by atoms with van der Waals surface area (Å²) in [5.41, 5.74) is 0.447. The molecule has 5 heteroatoms. The molecule has 0 spiro atoms. The number of likely N-dealkylation sites (N-methyl/N-ethyl adjacent to an activating group) is 1. The molecule has 0 radical (unpaired) electrons. The van der Waals surface area contributed by atoms with E-state index >= 15 is 0 Å². The molecule has 1 amide bonds. The lowest BCUT2D eigenvalue weighted by Gasteiger charge is -2.12. The Morgan fingerprint density at radius 2 is 2.25 bits per heavy atom. The summed E-state index contributed by atoms with van der Waals surface area (Å²) in [5.74, 6) is -0.580. The van der Waals surface area contributed by atoms with Crippen molar-refractivity contribution in [3.63, 3.8) is 0 Å². The van der Waals surface area contributed by atoms with E-state index in [1.54, 1.807) is 26.1 Å². The zero-order valence-electron chi connectivity index (χ0n) is 9.18. The Morgan fingerprint density at radius 1 is 1.56 bits per heavy atom. The molecule has 0 aromatic heterocycles. The molecule has 1 unspecified atom stereocenters. The molecule has 0 bridgehead atoms. The molecule has 16 heavy (non-hydrogen) atoms. The number of amides is 1. The van der Waals surface area contributed by atoms with Gasteiger partial charge < -0.3 is 10.6 Å². The van der Waals surface area contributed by atoms with Crippen LogP contribution in [-0.2, 0) is 11.3 Å². The third kappa shape index (κ3) is 3.18. The second-order valence-electron chi connectivity index (χ2n) is 3.43. The van der Waals surface area contributed by atoms with E-state index in [2.05, 4.69) is 10.6 Å². The predicted molar refractivity (Wildman–Crippen MR) is 61.8 cm³/mol. The van der Waals surface area contributed by atoms with Gasteiger partial charge in [-0.05, 0) is 13.0 Å². The second-order valence-corrected chi connectivity index (χ2v) is 3.84. The van der Waals surface area contributed by atoms with Crippen molar-refractivity contribution in [2.75, 3.05) is 7.05 Å². The minimum Gasteiger partial charge on any atom is -0.358 e. The molecule has 0 aliphatic rings. The van der Waals surface area contributed by atoms with Crippen LogP contribution >= 0.6 is 11.6 Å². The number of halogens is 2. The number of carbonyl (C=O) groups excluding carboxylic acids is 1. The third-order valence-corrected chi connectivity index (χ3v) is 2.56. The minimum atomic E-state index is -0.444. The highest BCUT2D eigenvalue weighted by Crippen LogP contribution is 2.17. The van der Waals surface area contributed by atoms with Gasteiger partial charge in [0.2, 0.25) is 5.91 Å². The first kappa shape index (κ1) is 12.9. The lowest BCUT2D eigenvalue weighted by Crippen LogP contribution is -2.40. The summed E-state index contributed by atoms with van der Waals surface area (Å²) < 4.78 is 13.5. The van der Waals surface area contributed by atoms with Crippen LogP contribution in [0.3, 0.4) is 0 Å². The Morgan fingerprint density at radius 3 is 2.88 bits per heavy atom. The van der Waals surface area contributed by atoms with Crippen LogP contribution in [0.25, 0.3) is 0 Å². The molecular weight excluding hydrogens is 231 g/mol. The van der Waals surface area contributed by atoms with Crippen LogP contribution in [0.5, 0.6) is 0 Å². The fourth-order valence-electron chi connectivity index (χ4n) is 1.26. The zero-order valence-corrected chi connectivity index (χ0v) is 9.94. The van der Waals surface area contributed by atoms with E-state index in [4.69, 9.17) is 11.6 Å². The van der Waals surface area contributed by atoms with Crippen LogP contribution in [0.4, 0.5) is 4.39 Å². The molecule has 0 aliphatic heterocycles. The average Bonchev–Trinajstić information content (AvgIpc) is 2.29. The van der Waals surface area contributed by atoms with E-state index < -0.39 is 5.82 Å². The van der Waals surface area contributed by atoms with Crippen LogP contribution in [-0.4, -0.2) is 19.0 Å². The molecular formula is C11H14ClFN2O. The van der Waals surface area contributed by atoms with E-state index in [1.165, 1.54) is 6.07 Å². The van der Waals surface area contributed by atoms with Crippen molar-refractivity contribution in [2.45, 2.75) is 19.5 Å². The van der Waals surface area contributed by atoms with Crippen molar-refractivity contribution in [3.05, 3.63) is 34.6 Å². The minimum absolute atomic E-state index is 0.0897. The summed E-state index contributed by atoms with van der Waals surface area (Å²) in [5, 5.41) is 5.50. The summed E-state index contributed by atoms with van der Waals surface area (Å²) >= 11 is 5.64. The molecule has 1 rings (SSSR count). The van der Waals surface area contributed by atoms with Gasteiger partial charge in [0.1, 0.15) is 5.82 Å². The summed E-state index contributed by atoms with van der Waals surface area (Å²) in [6.45, 7) is 1.97. The number of benzene rings is 1. The maximum Gasteiger partial charge on any atom is 0.236 e. The van der Waals surface area contributed by atoms with Gasteiger partial charge in [-0.15, -0.1) is 0 Å². The zero-order chi connectivity index (χ0) is 12.1. The van der Waals surface area contributed by atoms with Gasteiger partial charge in [-0.25, -0.2) is 4.39 Å². The summed E-state index contributed by atoms with van der Waals surface area (Å²) in [4.78, 5) is 11.2. The van der Waals surface area contributed by atoms with E-state index in [0.717, 1.165) is 0 Å². The first-order valence-electron chi connectivity index (χ1n) is 4.94. The van der Waals surface area contributed by atoms with Gasteiger partial charge in [-0.1, -0.05) is 23.7 Å². The van der Waals surface area contributed by atoms with Crippen LogP contribution in [0, 0.1) is 5.82 Å². The van der Waals surface area contributed by atoms with Crippen molar-refractivity contribution in [2.24, 2.45) is 0 Å². The molecule has 2 N–H and O–H groups in total. The molecule has 0 aliphatic carbocycles. The van der Waals surface area contributed by atoms with E-state index in [-0.39, 0.29) is 23.5 Å². The van der Waals surface area contributed by atoms with E-state index in [1.807, 2.05) is 0 Å². The van der Waals surface area contributed by atoms with Crippen molar-refractivity contribution >= 4 is 17.5 Å². The molecule has 0 fully saturated rings. The monoisotopic (exact) mass is 244 g/mol. The Hall–Kier alpha value is -1.13. The summed E-state index contributed by atoms with van der Waals surface area (Å²) in [6.07, 6.45) is 0. The van der Waals surface area contributed by atoms with E-state index in [9.17, 15) is 9.18 Å². The van der Waals surface area contributed by atoms with Crippen molar-refractivity contribution in [3.8, 4) is 0 Å². The van der Waals surface area contributed by atoms with Gasteiger partial charge in [0.25, 0.3) is 0 Å². The van der Waals surface area contributed by atoms with Crippen molar-refractivity contribution < 1.29 is 9.18 Å². The lowest BCUT2D eigenvalue weighted by atomic mass is 10.2. The van der Waals surface area contributed by atoms with Crippen molar-refractivity contribution in [1.29, 1.82) is 0 Å². The SMILES string of the molecule is CNC(=O)C(C)NCc1cccc(Cl)c1F. The maximum absolute atomic E-state index is 13.5. The van der Waals surface area contributed by atoms with Gasteiger partial charge in [-0.2, -0.15) is 0 Å². The van der Waals surface area contributed by atoms with E-state index in [0.29, 0.717) is 5.56 Å². The van der Waals surface area contributed by atoms with Crippen molar-refractivity contribution in [1.82, 2.24) is 10.6 Å². The van der Waals surface area contributed by atoms with Gasteiger partial charge >= 0.3 is 0 Å². The standard InChI is InChI=1S/C11H14ClFN2O/c1-7(11(16)14-2)15-6-8-4-3-5-9(12)10(8)13/h3-5,7,15H,6H2,1-2H3,(H,14,16). The largest absolute Gasteiger partial charge is 0.358 e. The molecule has 88 valence electrons. The molecule has 0 saturated heterocycles. The van der Waals surface area contributed by atoms with Crippen LogP contribution in [0.2, 0.25) is 5.02 Å². The Bertz CT molecular complexity index is 384. The fourth-order valence-corrected chi connectivity index (χ4v) is 1.45. The smallest absolute Gasteiger partial charge is 0.236 e. The lowest BCUT2D eigenvalue weighted by molar-refractivity contribution is -0.122. The molecule has 0 heterocycles. The summed E-state index contributed by atoms with van der Waals surface area (Å²) in [7, 11) is 1.56. The fraction of sp³-hybridized carbons (Fsp3) is 0.364. The van der Waals surface area contributed by atoms with Crippen LogP contribution < -0.4 is 10.6 Å². The molecule has 1 aromatic rings. The Balaban J connectivity index is 2.61. The predicted octanol–water partition coefficient (Wildman–Crippen LogP) is 1.70. The number of hydrogen-bond donors (Lipinski definition) is 2. The average molecular weight is 245 g/mol. The quantitative estimate of drug-likeness (QED) is 0.847. The van der Waals surface area contributed by atoms with Gasteiger partial charge in [0.05, 0.1) is 11.1 Å². The molecule has 3 nitrogen and oxygen atoms in total. The van der Waals surface area contributed by atoms with Gasteiger partial charge in [-0.3, -0.25) is 4.79 Å². The number of nitrogens with one attached hydrogen (secondary N) is 2. The highest BCUT2D eigenvalue weighted by Gasteiger charge is 2.11. The first-order chi connectivity index (χ1) is 7.56. The first-order valence-corrected chi connectivity index (χ1v) is 5.32. The van der Waals surface area contributed by atoms with Gasteiger partial charge in [0, 0.05) is 19.2 Å². The second kappa shape index (κ2) is 5.82. The number of rotatable bonds is 4. The third-order valence-electron chi connectivity index (χ3n) is 2.27. The molecule has 1 atom stereocenters. The Kier molecular flexibility index (Phi) is 4.71. The normalized spacial score (nSPS) is 12.2. The highest BCUT2D eigenvalue weighted by molar-refractivity contribution is 6.30. The summed E-state index contributed by atoms with van der Waals surface area (Å²) in [6, 6.07) is 4.42.